The van der Waals surface area contributed by atoms with Gasteiger partial charge in [0.25, 0.3) is 5.24 Å². The third-order valence-electron chi connectivity index (χ3n) is 1.16. The lowest BCUT2D eigenvalue weighted by atomic mass is 10.3. The van der Waals surface area contributed by atoms with Crippen molar-refractivity contribution in [2.45, 2.75) is 12.2 Å². The van der Waals surface area contributed by atoms with Crippen LogP contribution in [0.1, 0.15) is 6.92 Å². The molecule has 0 radical (unpaired) electrons. The van der Waals surface area contributed by atoms with Gasteiger partial charge in [0.15, 0.2) is 5.71 Å². The predicted molar refractivity (Wildman–Crippen MR) is 40.7 cm³/mol. The Kier molecular flexibility index (Phi) is 2.13. The van der Waals surface area contributed by atoms with Gasteiger partial charge in [-0.15, -0.1) is 0 Å². The molecular weight excluding hydrogens is 168 g/mol. The summed E-state index contributed by atoms with van der Waals surface area (Å²) < 4.78 is 0. The Hall–Kier alpha value is -1.04. The van der Waals surface area contributed by atoms with Gasteiger partial charge in [-0.2, -0.15) is 5.10 Å². The van der Waals surface area contributed by atoms with E-state index in [1.165, 1.54) is 0 Å². The highest BCUT2D eigenvalue weighted by Gasteiger charge is 2.25. The van der Waals surface area contributed by atoms with E-state index in [0.29, 0.717) is 0 Å². The monoisotopic (exact) mass is 174 g/mol. The lowest BCUT2D eigenvalue weighted by Crippen LogP contribution is -2.34. The minimum Gasteiger partial charge on any atom is -0.477 e. The molecule has 11 heavy (non-hydrogen) atoms. The Balaban J connectivity index is 2.80. The van der Waals surface area contributed by atoms with E-state index in [2.05, 4.69) is 10.5 Å². The first-order valence-electron chi connectivity index (χ1n) is 2.88. The number of hydrazone groups is 1. The summed E-state index contributed by atoms with van der Waals surface area (Å²) in [5.41, 5.74) is 2.06. The number of carboxylic acid groups (broad SMARTS) is 1. The molecule has 0 saturated carbocycles. The van der Waals surface area contributed by atoms with Gasteiger partial charge < -0.3 is 5.11 Å². The molecule has 1 aliphatic heterocycles. The minimum absolute atomic E-state index is 0.0189. The smallest absolute Gasteiger partial charge is 0.353 e. The Bertz CT molecular complexity index is 238. The summed E-state index contributed by atoms with van der Waals surface area (Å²) in [6, 6.07) is 0. The Morgan fingerprint density at radius 1 is 1.82 bits per heavy atom. The van der Waals surface area contributed by atoms with E-state index in [1.54, 1.807) is 6.92 Å². The molecule has 2 N–H and O–H groups in total. The molecule has 0 aliphatic carbocycles. The highest BCUT2D eigenvalue weighted by Crippen LogP contribution is 2.16. The SMILES string of the molecule is CC1SC(=O)NN=C1C(=O)O. The van der Waals surface area contributed by atoms with Crippen molar-refractivity contribution in [2.24, 2.45) is 5.10 Å². The van der Waals surface area contributed by atoms with Crippen molar-refractivity contribution in [1.29, 1.82) is 0 Å². The molecule has 1 rings (SSSR count). The Labute approximate surface area is 66.8 Å². The van der Waals surface area contributed by atoms with Crippen molar-refractivity contribution in [2.75, 3.05) is 0 Å². The number of carboxylic acids is 1. The molecule has 5 nitrogen and oxygen atoms in total. The molecule has 0 spiro atoms. The zero-order valence-electron chi connectivity index (χ0n) is 5.70. The molecule has 1 atom stereocenters. The second-order valence-corrected chi connectivity index (χ2v) is 3.28. The number of hydrogen-bond acceptors (Lipinski definition) is 4. The van der Waals surface area contributed by atoms with Crippen LogP contribution in [0.2, 0.25) is 0 Å². The van der Waals surface area contributed by atoms with E-state index in [1.807, 2.05) is 0 Å². The fourth-order valence-corrected chi connectivity index (χ4v) is 1.35. The average molecular weight is 174 g/mol. The number of nitrogens with zero attached hydrogens (tertiary/aromatic N) is 1. The lowest BCUT2D eigenvalue weighted by Gasteiger charge is -2.14. The number of thioether (sulfide) groups is 1. The van der Waals surface area contributed by atoms with Gasteiger partial charge in [-0.3, -0.25) is 4.79 Å². The number of amides is 1. The molecule has 0 fully saturated rings. The van der Waals surface area contributed by atoms with Crippen molar-refractivity contribution >= 4 is 28.7 Å². The Morgan fingerprint density at radius 3 is 2.91 bits per heavy atom. The maximum absolute atomic E-state index is 10.6. The molecular formula is C5H6N2O3S. The van der Waals surface area contributed by atoms with E-state index in [-0.39, 0.29) is 16.2 Å². The van der Waals surface area contributed by atoms with Crippen LogP contribution in [0.4, 0.5) is 4.79 Å². The van der Waals surface area contributed by atoms with Crippen LogP contribution in [0.3, 0.4) is 0 Å². The standard InChI is InChI=1S/C5H6N2O3S/c1-2-3(4(8)9)6-7-5(10)11-2/h2H,1H3,(H,7,10)(H,8,9). The van der Waals surface area contributed by atoms with Crippen LogP contribution in [-0.4, -0.2) is 27.3 Å². The molecule has 1 heterocycles. The van der Waals surface area contributed by atoms with Crippen molar-refractivity contribution < 1.29 is 14.7 Å². The summed E-state index contributed by atoms with van der Waals surface area (Å²) in [7, 11) is 0. The molecule has 0 bridgehead atoms. The molecule has 1 amide bonds. The molecule has 1 unspecified atom stereocenters. The largest absolute Gasteiger partial charge is 0.477 e. The summed E-state index contributed by atoms with van der Waals surface area (Å²) in [6.07, 6.45) is 0. The highest BCUT2D eigenvalue weighted by atomic mass is 32.2. The van der Waals surface area contributed by atoms with E-state index in [4.69, 9.17) is 5.11 Å². The normalized spacial score (nSPS) is 23.9. The second kappa shape index (κ2) is 2.91. The van der Waals surface area contributed by atoms with Crippen LogP contribution in [-0.2, 0) is 4.79 Å². The van der Waals surface area contributed by atoms with Gasteiger partial charge in [0.2, 0.25) is 0 Å². The first-order chi connectivity index (χ1) is 5.11. The highest BCUT2D eigenvalue weighted by molar-refractivity contribution is 8.14. The van der Waals surface area contributed by atoms with E-state index in [0.717, 1.165) is 11.8 Å². The summed E-state index contributed by atoms with van der Waals surface area (Å²) in [6.45, 7) is 1.62. The van der Waals surface area contributed by atoms with Crippen LogP contribution >= 0.6 is 11.8 Å². The number of rotatable bonds is 1. The molecule has 6 heteroatoms. The van der Waals surface area contributed by atoms with Gasteiger partial charge in [-0.25, -0.2) is 10.2 Å². The van der Waals surface area contributed by atoms with Gasteiger partial charge in [0.1, 0.15) is 0 Å². The lowest BCUT2D eigenvalue weighted by molar-refractivity contribution is -0.129. The molecule has 1 aliphatic rings. The van der Waals surface area contributed by atoms with E-state index < -0.39 is 5.97 Å². The van der Waals surface area contributed by atoms with E-state index >= 15 is 0 Å². The van der Waals surface area contributed by atoms with E-state index in [9.17, 15) is 9.59 Å². The number of nitrogens with one attached hydrogen (secondary N) is 1. The number of carbonyl (C=O) groups is 2. The summed E-state index contributed by atoms with van der Waals surface area (Å²) >= 11 is 0.916. The zero-order chi connectivity index (χ0) is 8.43. The second-order valence-electron chi connectivity index (χ2n) is 1.96. The van der Waals surface area contributed by atoms with Crippen molar-refractivity contribution in [1.82, 2.24) is 5.43 Å². The summed E-state index contributed by atoms with van der Waals surface area (Å²) in [5, 5.41) is 11.2. The van der Waals surface area contributed by atoms with Gasteiger partial charge in [0, 0.05) is 0 Å². The van der Waals surface area contributed by atoms with Crippen LogP contribution in [0.25, 0.3) is 0 Å². The molecule has 0 saturated heterocycles. The number of hydrogen-bond donors (Lipinski definition) is 2. The van der Waals surface area contributed by atoms with Crippen molar-refractivity contribution in [3.05, 3.63) is 0 Å². The minimum atomic E-state index is -1.09. The average Bonchev–Trinajstić information content (AvgIpc) is 1.85. The van der Waals surface area contributed by atoms with Crippen LogP contribution in [0.5, 0.6) is 0 Å². The van der Waals surface area contributed by atoms with Crippen LogP contribution in [0, 0.1) is 0 Å². The fraction of sp³-hybridized carbons (Fsp3) is 0.400. The first-order valence-corrected chi connectivity index (χ1v) is 3.76. The quantitative estimate of drug-likeness (QED) is 0.598. The third-order valence-corrected chi connectivity index (χ3v) is 2.04. The maximum Gasteiger partial charge on any atom is 0.353 e. The first kappa shape index (κ1) is 8.06. The Morgan fingerprint density at radius 2 is 2.45 bits per heavy atom. The van der Waals surface area contributed by atoms with Gasteiger partial charge in [-0.05, 0) is 6.92 Å². The number of aliphatic carboxylic acids is 1. The third kappa shape index (κ3) is 1.70. The van der Waals surface area contributed by atoms with Crippen LogP contribution < -0.4 is 5.43 Å². The summed E-state index contributed by atoms with van der Waals surface area (Å²) in [5.74, 6) is -1.09. The summed E-state index contributed by atoms with van der Waals surface area (Å²) in [4.78, 5) is 21.0. The molecule has 0 aromatic carbocycles. The molecule has 0 aromatic heterocycles. The fourth-order valence-electron chi connectivity index (χ4n) is 0.661. The maximum atomic E-state index is 10.6. The van der Waals surface area contributed by atoms with Crippen molar-refractivity contribution in [3.8, 4) is 0 Å². The van der Waals surface area contributed by atoms with Gasteiger partial charge in [0.05, 0.1) is 5.25 Å². The molecule has 60 valence electrons. The predicted octanol–water partition coefficient (Wildman–Crippen LogP) is 0.272. The zero-order valence-corrected chi connectivity index (χ0v) is 6.51. The topological polar surface area (TPSA) is 78.8 Å². The van der Waals surface area contributed by atoms with Crippen LogP contribution in [0.15, 0.2) is 5.10 Å². The van der Waals surface area contributed by atoms with Gasteiger partial charge >= 0.3 is 5.97 Å². The van der Waals surface area contributed by atoms with Crippen molar-refractivity contribution in [3.63, 3.8) is 0 Å². The van der Waals surface area contributed by atoms with Gasteiger partial charge in [-0.1, -0.05) is 11.8 Å². The molecule has 0 aromatic rings. The number of carbonyl (C=O) groups excluding carboxylic acids is 1.